The first-order valence-electron chi connectivity index (χ1n) is 5.00. The molecule has 0 saturated heterocycles. The monoisotopic (exact) mass is 295 g/mol. The van der Waals surface area contributed by atoms with E-state index in [1.165, 1.54) is 17.0 Å². The maximum Gasteiger partial charge on any atom is 0.263 e. The summed E-state index contributed by atoms with van der Waals surface area (Å²) in [5.41, 5.74) is 0.766. The summed E-state index contributed by atoms with van der Waals surface area (Å²) in [5.74, 6) is 0. The molecule has 7 nitrogen and oxygen atoms in total. The Balaban J connectivity index is 3.25. The SMILES string of the molecule is Cc1ccc[n+](CC(O)(P(C)(=O)O)P(=O)([O-])O)c1. The van der Waals surface area contributed by atoms with Gasteiger partial charge in [-0.1, -0.05) is 0 Å². The van der Waals surface area contributed by atoms with Crippen molar-refractivity contribution >= 4 is 15.0 Å². The molecule has 0 fully saturated rings. The molecule has 0 aliphatic rings. The van der Waals surface area contributed by atoms with Crippen LogP contribution in [0.3, 0.4) is 0 Å². The summed E-state index contributed by atoms with van der Waals surface area (Å²) in [5, 5.41) is 6.77. The minimum atomic E-state index is -5.42. The van der Waals surface area contributed by atoms with E-state index in [2.05, 4.69) is 0 Å². The van der Waals surface area contributed by atoms with Crippen LogP contribution in [0, 0.1) is 6.92 Å². The first-order valence-corrected chi connectivity index (χ1v) is 8.68. The average molecular weight is 295 g/mol. The molecule has 0 aliphatic heterocycles. The van der Waals surface area contributed by atoms with Crippen LogP contribution in [-0.4, -0.2) is 26.6 Å². The molecule has 3 N–H and O–H groups in total. The fourth-order valence-electron chi connectivity index (χ4n) is 1.45. The minimum absolute atomic E-state index is 0.685. The molecule has 1 aromatic heterocycles. The lowest BCUT2D eigenvalue weighted by Gasteiger charge is -2.35. The summed E-state index contributed by atoms with van der Waals surface area (Å²) in [6.07, 6.45) is 2.90. The maximum atomic E-state index is 11.5. The number of pyridine rings is 1. The van der Waals surface area contributed by atoms with Gasteiger partial charge in [0.05, 0.1) is 0 Å². The summed E-state index contributed by atoms with van der Waals surface area (Å²) in [6, 6.07) is 3.32. The lowest BCUT2D eigenvalue weighted by molar-refractivity contribution is -0.704. The lowest BCUT2D eigenvalue weighted by Crippen LogP contribution is -2.49. The van der Waals surface area contributed by atoms with Gasteiger partial charge in [0.2, 0.25) is 7.37 Å². The van der Waals surface area contributed by atoms with Gasteiger partial charge in [-0.05, 0) is 13.0 Å². The van der Waals surface area contributed by atoms with Crippen LogP contribution in [0.1, 0.15) is 5.56 Å². The maximum absolute atomic E-state index is 11.5. The number of rotatable bonds is 4. The van der Waals surface area contributed by atoms with Gasteiger partial charge in [0.15, 0.2) is 26.5 Å². The minimum Gasteiger partial charge on any atom is -0.776 e. The van der Waals surface area contributed by atoms with Crippen LogP contribution in [0.15, 0.2) is 24.5 Å². The molecule has 0 aromatic carbocycles. The molecule has 18 heavy (non-hydrogen) atoms. The zero-order valence-corrected chi connectivity index (χ0v) is 11.7. The van der Waals surface area contributed by atoms with E-state index in [1.807, 2.05) is 0 Å². The molecule has 1 rings (SSSR count). The van der Waals surface area contributed by atoms with Gasteiger partial charge in [0.25, 0.3) is 5.08 Å². The molecule has 1 aromatic rings. The fourth-order valence-corrected chi connectivity index (χ4v) is 4.09. The van der Waals surface area contributed by atoms with E-state index in [1.54, 1.807) is 19.1 Å². The number of hydrogen-bond donors (Lipinski definition) is 3. The van der Waals surface area contributed by atoms with E-state index in [0.29, 0.717) is 6.66 Å². The highest BCUT2D eigenvalue weighted by atomic mass is 31.2. The Morgan fingerprint density at radius 1 is 1.44 bits per heavy atom. The highest BCUT2D eigenvalue weighted by Gasteiger charge is 2.54. The predicted molar refractivity (Wildman–Crippen MR) is 61.9 cm³/mol. The molecule has 1 heterocycles. The molecular formula is C9H15NO6P2. The van der Waals surface area contributed by atoms with Gasteiger partial charge in [-0.2, -0.15) is 0 Å². The van der Waals surface area contributed by atoms with Crippen LogP contribution in [0.5, 0.6) is 0 Å². The van der Waals surface area contributed by atoms with E-state index in [4.69, 9.17) is 4.89 Å². The Kier molecular flexibility index (Phi) is 4.18. The number of aliphatic hydroxyl groups is 1. The molecule has 0 saturated carbocycles. The van der Waals surface area contributed by atoms with Gasteiger partial charge in [0, 0.05) is 18.3 Å². The lowest BCUT2D eigenvalue weighted by atomic mass is 10.3. The van der Waals surface area contributed by atoms with Gasteiger partial charge in [0.1, 0.15) is 0 Å². The van der Waals surface area contributed by atoms with Gasteiger partial charge in [-0.3, -0.25) is 4.57 Å². The van der Waals surface area contributed by atoms with Crippen molar-refractivity contribution in [3.63, 3.8) is 0 Å². The van der Waals surface area contributed by atoms with Crippen molar-refractivity contribution in [1.82, 2.24) is 0 Å². The van der Waals surface area contributed by atoms with Gasteiger partial charge in [-0.15, -0.1) is 0 Å². The third-order valence-corrected chi connectivity index (χ3v) is 6.91. The third kappa shape index (κ3) is 3.06. The second kappa shape index (κ2) is 4.85. The second-order valence-corrected chi connectivity index (χ2v) is 8.86. The molecule has 0 aliphatic carbocycles. The van der Waals surface area contributed by atoms with Crippen molar-refractivity contribution in [3.05, 3.63) is 30.1 Å². The zero-order valence-electron chi connectivity index (χ0n) is 9.92. The molecular weight excluding hydrogens is 280 g/mol. The third-order valence-electron chi connectivity index (χ3n) is 2.52. The van der Waals surface area contributed by atoms with Crippen LogP contribution < -0.4 is 9.46 Å². The topological polar surface area (TPSA) is 122 Å². The van der Waals surface area contributed by atoms with E-state index in [-0.39, 0.29) is 0 Å². The van der Waals surface area contributed by atoms with Crippen molar-refractivity contribution in [2.75, 3.05) is 6.66 Å². The van der Waals surface area contributed by atoms with Gasteiger partial charge in [-0.25, -0.2) is 4.57 Å². The molecule has 0 bridgehead atoms. The molecule has 3 atom stereocenters. The van der Waals surface area contributed by atoms with Crippen molar-refractivity contribution in [2.24, 2.45) is 0 Å². The smallest absolute Gasteiger partial charge is 0.263 e. The van der Waals surface area contributed by atoms with Crippen LogP contribution in [-0.2, 0) is 15.7 Å². The Bertz CT molecular complexity index is 512. The first kappa shape index (κ1) is 15.5. The van der Waals surface area contributed by atoms with Crippen LogP contribution >= 0.6 is 15.0 Å². The Morgan fingerprint density at radius 3 is 2.39 bits per heavy atom. The van der Waals surface area contributed by atoms with E-state index < -0.39 is 26.6 Å². The van der Waals surface area contributed by atoms with Gasteiger partial charge >= 0.3 is 0 Å². The Labute approximate surface area is 104 Å². The molecule has 0 amide bonds. The van der Waals surface area contributed by atoms with Crippen molar-refractivity contribution in [1.29, 1.82) is 0 Å². The predicted octanol–water partition coefficient (Wildman–Crippen LogP) is -0.625. The summed E-state index contributed by atoms with van der Waals surface area (Å²) in [7, 11) is -9.90. The van der Waals surface area contributed by atoms with E-state index >= 15 is 0 Å². The van der Waals surface area contributed by atoms with E-state index in [0.717, 1.165) is 5.56 Å². The molecule has 3 unspecified atom stereocenters. The summed E-state index contributed by atoms with van der Waals surface area (Å²) >= 11 is 0. The van der Waals surface area contributed by atoms with Gasteiger partial charge < -0.3 is 24.4 Å². The second-order valence-electron chi connectivity index (χ2n) is 4.23. The largest absolute Gasteiger partial charge is 0.776 e. The number of aryl methyl sites for hydroxylation is 1. The molecule has 102 valence electrons. The molecule has 9 heteroatoms. The van der Waals surface area contributed by atoms with Crippen molar-refractivity contribution < 1.29 is 33.5 Å². The van der Waals surface area contributed by atoms with Crippen molar-refractivity contribution in [2.45, 2.75) is 18.6 Å². The Hall–Kier alpha value is -0.550. The number of hydrogen-bond acceptors (Lipinski definition) is 4. The first-order chi connectivity index (χ1) is 7.97. The van der Waals surface area contributed by atoms with E-state index in [9.17, 15) is 24.0 Å². The number of aromatic nitrogens is 1. The fraction of sp³-hybridized carbons (Fsp3) is 0.444. The van der Waals surface area contributed by atoms with Crippen molar-refractivity contribution in [3.8, 4) is 0 Å². The highest BCUT2D eigenvalue weighted by Crippen LogP contribution is 2.65. The van der Waals surface area contributed by atoms with Crippen LogP contribution in [0.4, 0.5) is 0 Å². The zero-order chi connectivity index (χ0) is 14.2. The summed E-state index contributed by atoms with van der Waals surface area (Å²) in [6.45, 7) is 1.69. The Morgan fingerprint density at radius 2 is 2.00 bits per heavy atom. The van der Waals surface area contributed by atoms with Crippen LogP contribution in [0.25, 0.3) is 0 Å². The normalized spacial score (nSPS) is 21.7. The quantitative estimate of drug-likeness (QED) is 0.502. The molecule has 0 spiro atoms. The standard InChI is InChI=1S/C9H15NO6P2/c1-8-4-3-5-10(6-8)7-9(11,17(2,12)13)18(14,15)16/h3-6,11H,7H2,1-2H3,(H2-,12,13,14,15,16). The summed E-state index contributed by atoms with van der Waals surface area (Å²) < 4.78 is 23.9. The highest BCUT2D eigenvalue weighted by molar-refractivity contribution is 7.74. The van der Waals surface area contributed by atoms with Crippen LogP contribution in [0.2, 0.25) is 0 Å². The number of nitrogens with zero attached hydrogens (tertiary/aromatic N) is 1. The molecule has 0 radical (unpaired) electrons. The average Bonchev–Trinajstić information content (AvgIpc) is 2.13. The summed E-state index contributed by atoms with van der Waals surface area (Å²) in [4.78, 5) is 29.5.